The molecule has 0 spiro atoms. The molecule has 2 amide bonds. The van der Waals surface area contributed by atoms with Crippen LogP contribution in [0.4, 0.5) is 16.2 Å². The minimum atomic E-state index is -1.19. The molecule has 4 atom stereocenters. The molecule has 1 unspecified atom stereocenters. The van der Waals surface area contributed by atoms with E-state index in [1.54, 1.807) is 13.0 Å². The van der Waals surface area contributed by atoms with E-state index >= 15 is 0 Å². The molecule has 3 aliphatic heterocycles. The fourth-order valence-corrected chi connectivity index (χ4v) is 5.25. The Kier molecular flexibility index (Phi) is 3.91. The van der Waals surface area contributed by atoms with Crippen molar-refractivity contribution < 1.29 is 19.9 Å². The number of carbonyl (C=O) groups excluding carboxylic acids is 1. The third-order valence-electron chi connectivity index (χ3n) is 6.60. The minimum Gasteiger partial charge on any atom is -0.465 e. The molecule has 0 aliphatic carbocycles. The molecule has 1 aromatic carbocycles. The van der Waals surface area contributed by atoms with Crippen LogP contribution in [0.3, 0.4) is 0 Å². The van der Waals surface area contributed by atoms with Gasteiger partial charge in [-0.15, -0.1) is 0 Å². The van der Waals surface area contributed by atoms with Crippen LogP contribution in [0.15, 0.2) is 18.2 Å². The molecule has 0 bridgehead atoms. The summed E-state index contributed by atoms with van der Waals surface area (Å²) in [4.78, 5) is 30.1. The summed E-state index contributed by atoms with van der Waals surface area (Å²) in [6, 6.07) is 4.30. The van der Waals surface area contributed by atoms with Gasteiger partial charge in [0.1, 0.15) is 6.04 Å². The lowest BCUT2D eigenvalue weighted by Crippen LogP contribution is -2.45. The number of benzene rings is 1. The van der Waals surface area contributed by atoms with E-state index in [1.807, 2.05) is 12.1 Å². The number of likely N-dealkylation sites (N-methyl/N-ethyl adjacent to an activating group) is 2. The van der Waals surface area contributed by atoms with Crippen molar-refractivity contribution in [2.45, 2.75) is 50.4 Å². The average molecular weight is 374 g/mol. The SMILES string of the molecule is C[C@H]1C[C@@H](N(C(=O)O)c2ccc3c(c2)[C@]2(C)CCN(C)C2N3C)C(=O)N1O. The Hall–Kier alpha value is -2.32. The van der Waals surface area contributed by atoms with Gasteiger partial charge in [-0.25, -0.2) is 9.86 Å². The maximum absolute atomic E-state index is 12.4. The van der Waals surface area contributed by atoms with Crippen molar-refractivity contribution in [2.24, 2.45) is 0 Å². The number of likely N-dealkylation sites (tertiary alicyclic amines) is 1. The second-order valence-corrected chi connectivity index (χ2v) is 8.27. The maximum atomic E-state index is 12.4. The number of hydrogen-bond acceptors (Lipinski definition) is 5. The fourth-order valence-electron chi connectivity index (χ4n) is 5.25. The largest absolute Gasteiger partial charge is 0.465 e. The highest BCUT2D eigenvalue weighted by Gasteiger charge is 2.52. The number of hydrogen-bond donors (Lipinski definition) is 2. The number of hydroxylamine groups is 2. The van der Waals surface area contributed by atoms with E-state index in [1.165, 1.54) is 0 Å². The molecule has 0 radical (unpaired) electrons. The van der Waals surface area contributed by atoms with Gasteiger partial charge in [0, 0.05) is 36.8 Å². The molecular weight excluding hydrogens is 348 g/mol. The number of amides is 2. The quantitative estimate of drug-likeness (QED) is 0.769. The minimum absolute atomic E-state index is 0.0883. The first kappa shape index (κ1) is 18.1. The fraction of sp³-hybridized carbons (Fsp3) is 0.579. The van der Waals surface area contributed by atoms with Crippen LogP contribution in [0.25, 0.3) is 0 Å². The Morgan fingerprint density at radius 1 is 1.33 bits per heavy atom. The summed E-state index contributed by atoms with van der Waals surface area (Å²) in [5.41, 5.74) is 2.60. The summed E-state index contributed by atoms with van der Waals surface area (Å²) in [7, 11) is 4.17. The normalized spacial score (nSPS) is 32.8. The first-order valence-electron chi connectivity index (χ1n) is 9.28. The lowest BCUT2D eigenvalue weighted by molar-refractivity contribution is -0.164. The van der Waals surface area contributed by atoms with E-state index in [0.29, 0.717) is 10.8 Å². The van der Waals surface area contributed by atoms with E-state index < -0.39 is 24.1 Å². The first-order valence-corrected chi connectivity index (χ1v) is 9.28. The second-order valence-electron chi connectivity index (χ2n) is 8.27. The number of carboxylic acid groups (broad SMARTS) is 1. The highest BCUT2D eigenvalue weighted by Crippen LogP contribution is 2.51. The van der Waals surface area contributed by atoms with Gasteiger partial charge in [0.15, 0.2) is 0 Å². The van der Waals surface area contributed by atoms with Crippen LogP contribution >= 0.6 is 0 Å². The molecule has 2 saturated heterocycles. The lowest BCUT2D eigenvalue weighted by atomic mass is 9.81. The Labute approximate surface area is 158 Å². The van der Waals surface area contributed by atoms with Crippen LogP contribution < -0.4 is 9.80 Å². The van der Waals surface area contributed by atoms with Crippen LogP contribution in [0, 0.1) is 0 Å². The number of rotatable bonds is 2. The topological polar surface area (TPSA) is 87.6 Å². The van der Waals surface area contributed by atoms with Crippen LogP contribution in [0.5, 0.6) is 0 Å². The molecule has 27 heavy (non-hydrogen) atoms. The van der Waals surface area contributed by atoms with E-state index in [9.17, 15) is 19.9 Å². The Bertz CT molecular complexity index is 815. The van der Waals surface area contributed by atoms with Gasteiger partial charge < -0.3 is 10.0 Å². The number of carbonyl (C=O) groups is 2. The van der Waals surface area contributed by atoms with Crippen molar-refractivity contribution in [3.63, 3.8) is 0 Å². The predicted octanol–water partition coefficient (Wildman–Crippen LogP) is 1.92. The van der Waals surface area contributed by atoms with Crippen molar-refractivity contribution in [1.29, 1.82) is 0 Å². The lowest BCUT2D eigenvalue weighted by Gasteiger charge is -2.32. The number of fused-ring (bicyclic) bond motifs is 3. The van der Waals surface area contributed by atoms with Gasteiger partial charge in [-0.3, -0.25) is 19.8 Å². The molecular formula is C19H26N4O4. The molecule has 3 aliphatic rings. The Balaban J connectivity index is 1.76. The zero-order chi connectivity index (χ0) is 19.7. The zero-order valence-electron chi connectivity index (χ0n) is 16.1. The van der Waals surface area contributed by atoms with Gasteiger partial charge in [0.25, 0.3) is 5.91 Å². The molecule has 2 fully saturated rings. The van der Waals surface area contributed by atoms with Crippen LogP contribution in [0.2, 0.25) is 0 Å². The van der Waals surface area contributed by atoms with E-state index in [0.717, 1.165) is 29.1 Å². The molecule has 0 saturated carbocycles. The van der Waals surface area contributed by atoms with Gasteiger partial charge in [0.05, 0.1) is 12.2 Å². The molecule has 8 nitrogen and oxygen atoms in total. The molecule has 8 heteroatoms. The van der Waals surface area contributed by atoms with Gasteiger partial charge in [-0.05, 0) is 44.2 Å². The number of anilines is 2. The average Bonchev–Trinajstić information content (AvgIpc) is 3.14. The summed E-state index contributed by atoms with van der Waals surface area (Å²) < 4.78 is 0. The summed E-state index contributed by atoms with van der Waals surface area (Å²) in [5, 5.41) is 20.3. The summed E-state index contributed by atoms with van der Waals surface area (Å²) in [6.07, 6.45) is 0.307. The summed E-state index contributed by atoms with van der Waals surface area (Å²) in [5.74, 6) is -0.577. The predicted molar refractivity (Wildman–Crippen MR) is 100 cm³/mol. The standard InChI is InChI=1S/C19H26N4O4/c1-11-9-15(16(24)23(11)27)22(18(25)26)12-5-6-14-13(10-12)19(2)7-8-20(3)17(19)21(14)4/h5-6,10-11,15,17,27H,7-9H2,1-4H3,(H,25,26)/t11-,15+,17?,19-/m0/s1. The highest BCUT2D eigenvalue weighted by molar-refractivity contribution is 5.98. The Morgan fingerprint density at radius 2 is 2.04 bits per heavy atom. The smallest absolute Gasteiger partial charge is 0.412 e. The number of nitrogens with zero attached hydrogens (tertiary/aromatic N) is 4. The van der Waals surface area contributed by atoms with E-state index in [4.69, 9.17) is 0 Å². The second kappa shape index (κ2) is 5.84. The van der Waals surface area contributed by atoms with Crippen LogP contribution in [0.1, 0.15) is 32.3 Å². The van der Waals surface area contributed by atoms with E-state index in [2.05, 4.69) is 30.8 Å². The maximum Gasteiger partial charge on any atom is 0.412 e. The molecule has 3 heterocycles. The molecule has 146 valence electrons. The summed E-state index contributed by atoms with van der Waals surface area (Å²) >= 11 is 0. The van der Waals surface area contributed by atoms with Crippen molar-refractivity contribution >= 4 is 23.4 Å². The molecule has 2 N–H and O–H groups in total. The van der Waals surface area contributed by atoms with Gasteiger partial charge >= 0.3 is 6.09 Å². The van der Waals surface area contributed by atoms with Gasteiger partial charge in [-0.1, -0.05) is 6.92 Å². The van der Waals surface area contributed by atoms with E-state index in [-0.39, 0.29) is 18.0 Å². The van der Waals surface area contributed by atoms with Crippen LogP contribution in [-0.2, 0) is 10.2 Å². The van der Waals surface area contributed by atoms with Crippen molar-refractivity contribution in [3.8, 4) is 0 Å². The molecule has 4 rings (SSSR count). The first-order chi connectivity index (χ1) is 12.7. The highest BCUT2D eigenvalue weighted by atomic mass is 16.5. The van der Waals surface area contributed by atoms with Crippen molar-refractivity contribution in [3.05, 3.63) is 23.8 Å². The van der Waals surface area contributed by atoms with Crippen molar-refractivity contribution in [1.82, 2.24) is 9.96 Å². The van der Waals surface area contributed by atoms with Gasteiger partial charge in [-0.2, -0.15) is 0 Å². The third kappa shape index (κ3) is 2.36. The third-order valence-corrected chi connectivity index (χ3v) is 6.60. The monoisotopic (exact) mass is 374 g/mol. The van der Waals surface area contributed by atoms with Crippen molar-refractivity contribution in [2.75, 3.05) is 30.4 Å². The molecule has 0 aromatic heterocycles. The van der Waals surface area contributed by atoms with Gasteiger partial charge in [0.2, 0.25) is 0 Å². The zero-order valence-corrected chi connectivity index (χ0v) is 16.1. The summed E-state index contributed by atoms with van der Waals surface area (Å²) in [6.45, 7) is 4.90. The van der Waals surface area contributed by atoms with Crippen LogP contribution in [-0.4, -0.2) is 71.2 Å². The Morgan fingerprint density at radius 3 is 2.63 bits per heavy atom. The molecule has 1 aromatic rings.